The van der Waals surface area contributed by atoms with E-state index in [1.54, 1.807) is 32.1 Å². The van der Waals surface area contributed by atoms with Gasteiger partial charge in [0.05, 0.1) is 12.4 Å². The first kappa shape index (κ1) is 44.2. The van der Waals surface area contributed by atoms with Gasteiger partial charge in [-0.3, -0.25) is 19.4 Å². The molecule has 3 rings (SSSR count). The van der Waals surface area contributed by atoms with E-state index in [2.05, 4.69) is 58.2 Å². The molecule has 0 saturated heterocycles. The number of hydrogen-bond acceptors (Lipinski definition) is 10. The summed E-state index contributed by atoms with van der Waals surface area (Å²) >= 11 is 1.72. The van der Waals surface area contributed by atoms with E-state index in [0.717, 1.165) is 27.1 Å². The van der Waals surface area contributed by atoms with Crippen molar-refractivity contribution in [2.45, 2.75) is 100 Å². The first-order chi connectivity index (χ1) is 26.0. The number of carbonyl (C=O) groups excluding carboxylic acids is 3. The highest BCUT2D eigenvalue weighted by molar-refractivity contribution is 7.99. The Labute approximate surface area is 325 Å². The molecule has 13 nitrogen and oxygen atoms in total. The number of carbonyl (C=O) groups is 3. The lowest BCUT2D eigenvalue weighted by Crippen LogP contribution is -2.57. The summed E-state index contributed by atoms with van der Waals surface area (Å²) in [7, 11) is 5.20. The average molecular weight is 763 g/mol. The highest BCUT2D eigenvalue weighted by atomic mass is 32.2. The van der Waals surface area contributed by atoms with Gasteiger partial charge >= 0.3 is 0 Å². The van der Waals surface area contributed by atoms with Crippen molar-refractivity contribution in [3.05, 3.63) is 72.7 Å². The number of fused-ring (bicyclic) bond motifs is 1. The minimum Gasteiger partial charge on any atom is -0.378 e. The number of para-hydroxylation sites is 1. The van der Waals surface area contributed by atoms with Crippen LogP contribution in [0.5, 0.6) is 0 Å². The molecule has 3 aromatic rings. The Kier molecular flexibility index (Phi) is 18.7. The highest BCUT2D eigenvalue weighted by Gasteiger charge is 2.34. The number of nitrogens with two attached hydrogens (primary N) is 2. The molecule has 54 heavy (non-hydrogen) atoms. The Balaban J connectivity index is 1.82. The summed E-state index contributed by atoms with van der Waals surface area (Å²) in [5.41, 5.74) is 14.5. The van der Waals surface area contributed by atoms with Crippen molar-refractivity contribution in [1.29, 1.82) is 0 Å². The molecule has 3 amide bonds. The topological polar surface area (TPSA) is 187 Å². The third-order valence-electron chi connectivity index (χ3n) is 10.2. The van der Waals surface area contributed by atoms with Crippen molar-refractivity contribution >= 4 is 46.7 Å². The van der Waals surface area contributed by atoms with Gasteiger partial charge in [0.1, 0.15) is 17.1 Å². The molecule has 14 heteroatoms. The molecule has 0 fully saturated rings. The second-order valence-electron chi connectivity index (χ2n) is 13.9. The van der Waals surface area contributed by atoms with Crippen molar-refractivity contribution < 1.29 is 14.4 Å². The molecule has 0 bridgehead atoms. The van der Waals surface area contributed by atoms with Crippen molar-refractivity contribution in [2.24, 2.45) is 22.4 Å². The maximum atomic E-state index is 14.3. The van der Waals surface area contributed by atoms with Crippen LogP contribution in [0.2, 0.25) is 0 Å². The number of pyridine rings is 1. The summed E-state index contributed by atoms with van der Waals surface area (Å²) in [5.74, 6) is -0.701. The van der Waals surface area contributed by atoms with Gasteiger partial charge in [-0.1, -0.05) is 44.7 Å². The van der Waals surface area contributed by atoms with Crippen LogP contribution in [0.4, 0.5) is 0 Å². The third kappa shape index (κ3) is 12.7. The fourth-order valence-corrected chi connectivity index (χ4v) is 7.53. The number of rotatable bonds is 24. The number of unbranched alkanes of at least 4 members (excludes halogenated alkanes) is 1. The summed E-state index contributed by atoms with van der Waals surface area (Å²) in [5, 5.41) is 11.3. The highest BCUT2D eigenvalue weighted by Crippen LogP contribution is 2.31. The third-order valence-corrected chi connectivity index (χ3v) is 11.6. The molecule has 2 heterocycles. The van der Waals surface area contributed by atoms with E-state index in [1.165, 1.54) is 11.2 Å². The van der Waals surface area contributed by atoms with Crippen LogP contribution in [0.15, 0.2) is 71.6 Å². The molecule has 0 saturated carbocycles. The zero-order valence-corrected chi connectivity index (χ0v) is 33.7. The molecule has 8 N–H and O–H groups in total. The number of H-pyrrole nitrogens is 1. The number of benzene rings is 1. The molecule has 0 radical (unpaired) electrons. The molecular formula is C40H62N10O3S. The molecule has 6 atom stereocenters. The van der Waals surface area contributed by atoms with E-state index in [-0.39, 0.29) is 29.4 Å². The van der Waals surface area contributed by atoms with E-state index in [0.29, 0.717) is 63.7 Å². The smallest absolute Gasteiger partial charge is 0.248 e. The van der Waals surface area contributed by atoms with Gasteiger partial charge in [0.15, 0.2) is 0 Å². The van der Waals surface area contributed by atoms with Crippen LogP contribution in [0.25, 0.3) is 10.9 Å². The molecule has 0 aliphatic rings. The number of aromatic nitrogens is 2. The molecule has 0 aliphatic heterocycles. The molecule has 2 aromatic heterocycles. The Bertz CT molecular complexity index is 1670. The Hall–Kier alpha value is -4.24. The monoisotopic (exact) mass is 762 g/mol. The number of hydrogen-bond donors (Lipinski definition) is 6. The second kappa shape index (κ2) is 22.9. The van der Waals surface area contributed by atoms with E-state index in [9.17, 15) is 14.4 Å². The summed E-state index contributed by atoms with van der Waals surface area (Å²) in [6.45, 7) is 11.8. The minimum atomic E-state index is -0.878. The second-order valence-corrected chi connectivity index (χ2v) is 15.2. The van der Waals surface area contributed by atoms with Crippen molar-refractivity contribution in [1.82, 2.24) is 35.7 Å². The van der Waals surface area contributed by atoms with Crippen LogP contribution >= 0.6 is 11.8 Å². The molecule has 1 aromatic carbocycles. The van der Waals surface area contributed by atoms with E-state index in [4.69, 9.17) is 16.5 Å². The van der Waals surface area contributed by atoms with Crippen molar-refractivity contribution in [2.75, 3.05) is 34.2 Å². The summed E-state index contributed by atoms with van der Waals surface area (Å²) < 4.78 is 0. The van der Waals surface area contributed by atoms with Crippen LogP contribution < -0.4 is 27.4 Å². The van der Waals surface area contributed by atoms with Gasteiger partial charge in [0, 0.05) is 68.7 Å². The lowest BCUT2D eigenvalue weighted by molar-refractivity contribution is -0.141. The summed E-state index contributed by atoms with van der Waals surface area (Å²) in [6, 6.07) is 9.66. The number of nitrogens with one attached hydrogen (secondary N) is 4. The normalized spacial score (nSPS) is 14.9. The first-order valence-corrected chi connectivity index (χ1v) is 19.8. The van der Waals surface area contributed by atoms with Crippen molar-refractivity contribution in [3.8, 4) is 0 Å². The average Bonchev–Trinajstić information content (AvgIpc) is 3.60. The van der Waals surface area contributed by atoms with E-state index < -0.39 is 18.1 Å². The van der Waals surface area contributed by atoms with Gasteiger partial charge in [-0.05, 0) is 87.5 Å². The van der Waals surface area contributed by atoms with Crippen LogP contribution in [-0.2, 0) is 27.3 Å². The summed E-state index contributed by atoms with van der Waals surface area (Å²) in [4.78, 5) is 57.3. The Morgan fingerprint density at radius 3 is 2.41 bits per heavy atom. The van der Waals surface area contributed by atoms with Crippen molar-refractivity contribution in [3.63, 3.8) is 0 Å². The van der Waals surface area contributed by atoms with Crippen LogP contribution in [0, 0.1) is 5.92 Å². The lowest BCUT2D eigenvalue weighted by Gasteiger charge is -2.32. The van der Waals surface area contributed by atoms with Gasteiger partial charge in [-0.15, -0.1) is 11.8 Å². The largest absolute Gasteiger partial charge is 0.378 e. The number of thioether (sulfide) groups is 1. The molecule has 0 spiro atoms. The van der Waals surface area contributed by atoms with Crippen LogP contribution in [0.3, 0.4) is 0 Å². The minimum absolute atomic E-state index is 0.256. The molecule has 0 aliphatic carbocycles. The summed E-state index contributed by atoms with van der Waals surface area (Å²) in [6.07, 6.45) is 9.83. The van der Waals surface area contributed by atoms with Gasteiger partial charge in [0.2, 0.25) is 17.7 Å². The zero-order chi connectivity index (χ0) is 39.6. The maximum absolute atomic E-state index is 14.3. The van der Waals surface area contributed by atoms with Crippen LogP contribution in [-0.4, -0.2) is 107 Å². The number of nitrogens with zero attached hydrogens (tertiary/aromatic N) is 4. The maximum Gasteiger partial charge on any atom is 0.248 e. The Morgan fingerprint density at radius 1 is 0.981 bits per heavy atom. The van der Waals surface area contributed by atoms with Gasteiger partial charge in [0.25, 0.3) is 0 Å². The standard InChI is InChI=1S/C40H62N10O3S/c1-8-49(6)28(3)27(2)29(4)54-39-30(15-14-22-44-39)24-46-34(19-13-21-42)37(51)48-35(18-11-12-20-41)40(53)50(7)36(38(52)47-26-43-5)23-31-25-45-33-17-10-9-16-32(31)33/h8-10,14-17,22,25-29,34-36,45-46H,1,11-13,18-21,23-24,41-42H2,2-7H3,(H,48,51)(H,43,47,52)/t27-,28?,29-,34+,35+,36+/m1/s1. The molecular weight excluding hydrogens is 701 g/mol. The Morgan fingerprint density at radius 2 is 1.70 bits per heavy atom. The van der Waals surface area contributed by atoms with Gasteiger partial charge in [-0.25, -0.2) is 4.98 Å². The van der Waals surface area contributed by atoms with E-state index >= 15 is 0 Å². The number of aliphatic imine (C=N–C) groups is 1. The SMILES string of the molecule is C=CN(C)C(C)[C@@H](C)[C@@H](C)Sc1ncccc1CN[C@@H](CCCN)C(=O)N[C@@H](CCCCN)C(=O)N(C)[C@@H](Cc1c[nH]c2ccccc12)C(=O)N/C=N/C. The number of amides is 3. The van der Waals surface area contributed by atoms with E-state index in [1.807, 2.05) is 55.8 Å². The molecule has 1 unspecified atom stereocenters. The quantitative estimate of drug-likeness (QED) is 0.0342. The molecule has 296 valence electrons. The lowest BCUT2D eigenvalue weighted by atomic mass is 9.99. The predicted molar refractivity (Wildman–Crippen MR) is 221 cm³/mol. The predicted octanol–water partition coefficient (Wildman–Crippen LogP) is 3.80. The van der Waals surface area contributed by atoms with Crippen LogP contribution in [0.1, 0.15) is 64.0 Å². The number of aromatic amines is 1. The van der Waals surface area contributed by atoms with Gasteiger partial charge in [-0.2, -0.15) is 0 Å². The zero-order valence-electron chi connectivity index (χ0n) is 32.9. The van der Waals surface area contributed by atoms with Gasteiger partial charge < -0.3 is 42.2 Å². The first-order valence-electron chi connectivity index (χ1n) is 18.9. The number of likely N-dealkylation sites (N-methyl/N-ethyl adjacent to an activating group) is 1. The fraction of sp³-hybridized carbons (Fsp3) is 0.525. The fourth-order valence-electron chi connectivity index (χ4n) is 6.32.